The highest BCUT2D eigenvalue weighted by molar-refractivity contribution is 5.86. The highest BCUT2D eigenvalue weighted by Gasteiger charge is 2.59. The molecule has 140 valence electrons. The van der Waals surface area contributed by atoms with E-state index in [4.69, 9.17) is 4.74 Å². The van der Waals surface area contributed by atoms with Crippen molar-refractivity contribution >= 4 is 5.97 Å². The first-order chi connectivity index (χ1) is 11.6. The van der Waals surface area contributed by atoms with Crippen LogP contribution < -0.4 is 0 Å². The van der Waals surface area contributed by atoms with Gasteiger partial charge in [-0.1, -0.05) is 46.3 Å². The maximum Gasteiger partial charge on any atom is 0.333 e. The molecule has 2 aliphatic carbocycles. The van der Waals surface area contributed by atoms with Gasteiger partial charge in [0.05, 0.1) is 0 Å². The lowest BCUT2D eigenvalue weighted by Crippen LogP contribution is -2.46. The van der Waals surface area contributed by atoms with Crippen molar-refractivity contribution in [1.82, 2.24) is 0 Å². The Morgan fingerprint density at radius 1 is 1.28 bits per heavy atom. The van der Waals surface area contributed by atoms with Crippen LogP contribution in [0.25, 0.3) is 0 Å². The maximum absolute atomic E-state index is 11.7. The summed E-state index contributed by atoms with van der Waals surface area (Å²) < 4.78 is 5.24. The van der Waals surface area contributed by atoms with Crippen LogP contribution in [0.15, 0.2) is 23.3 Å². The molecule has 0 saturated heterocycles. The normalized spacial score (nSPS) is 40.4. The molecule has 25 heavy (non-hydrogen) atoms. The molecule has 1 aliphatic heterocycles. The molecule has 1 heterocycles. The quantitative estimate of drug-likeness (QED) is 0.584. The van der Waals surface area contributed by atoms with Crippen molar-refractivity contribution in [3.63, 3.8) is 0 Å². The Kier molecular flexibility index (Phi) is 4.68. The van der Waals surface area contributed by atoms with Gasteiger partial charge in [0.2, 0.25) is 5.79 Å². The molecular formula is C22H34O3. The molecule has 0 aromatic carbocycles. The molecule has 0 aromatic heterocycles. The van der Waals surface area contributed by atoms with Gasteiger partial charge in [-0.15, -0.1) is 0 Å². The zero-order valence-electron chi connectivity index (χ0n) is 16.6. The minimum atomic E-state index is -1.32. The van der Waals surface area contributed by atoms with Crippen LogP contribution in [0.5, 0.6) is 0 Å². The molecular weight excluding hydrogens is 312 g/mol. The van der Waals surface area contributed by atoms with Crippen LogP contribution in [0.3, 0.4) is 0 Å². The van der Waals surface area contributed by atoms with Gasteiger partial charge >= 0.3 is 5.97 Å². The van der Waals surface area contributed by atoms with Gasteiger partial charge in [-0.25, -0.2) is 4.79 Å². The van der Waals surface area contributed by atoms with E-state index in [0.29, 0.717) is 30.1 Å². The largest absolute Gasteiger partial charge is 0.426 e. The molecule has 0 aromatic rings. The molecule has 0 amide bonds. The Morgan fingerprint density at radius 3 is 2.60 bits per heavy atom. The van der Waals surface area contributed by atoms with Crippen LogP contribution in [0.1, 0.15) is 67.2 Å². The highest BCUT2D eigenvalue weighted by atomic mass is 16.7. The van der Waals surface area contributed by atoms with E-state index in [1.165, 1.54) is 5.57 Å². The second kappa shape index (κ2) is 6.26. The minimum absolute atomic E-state index is 0.142. The highest BCUT2D eigenvalue weighted by Crippen LogP contribution is 2.62. The first-order valence-corrected chi connectivity index (χ1v) is 9.94. The number of aliphatic hydroxyl groups is 1. The van der Waals surface area contributed by atoms with E-state index in [2.05, 4.69) is 47.6 Å². The number of carbonyl (C=O) groups is 1. The second-order valence-corrected chi connectivity index (χ2v) is 9.35. The fourth-order valence-electron chi connectivity index (χ4n) is 5.71. The lowest BCUT2D eigenvalue weighted by molar-refractivity contribution is -0.196. The third kappa shape index (κ3) is 2.99. The van der Waals surface area contributed by atoms with Crippen LogP contribution in [0.4, 0.5) is 0 Å². The smallest absolute Gasteiger partial charge is 0.333 e. The molecule has 0 bridgehead atoms. The van der Waals surface area contributed by atoms with E-state index in [0.717, 1.165) is 24.8 Å². The predicted molar refractivity (Wildman–Crippen MR) is 99.6 cm³/mol. The summed E-state index contributed by atoms with van der Waals surface area (Å²) in [7, 11) is 0. The van der Waals surface area contributed by atoms with E-state index in [9.17, 15) is 9.90 Å². The summed E-state index contributed by atoms with van der Waals surface area (Å²) in [4.78, 5) is 11.7. The Labute approximate surface area is 152 Å². The number of esters is 1. The third-order valence-corrected chi connectivity index (χ3v) is 7.66. The van der Waals surface area contributed by atoms with Gasteiger partial charge in [0.25, 0.3) is 0 Å². The number of rotatable bonds is 4. The summed E-state index contributed by atoms with van der Waals surface area (Å²) in [6.07, 6.45) is 7.70. The minimum Gasteiger partial charge on any atom is -0.426 e. The Bertz CT molecular complexity index is 617. The zero-order valence-corrected chi connectivity index (χ0v) is 16.6. The molecule has 0 radical (unpaired) electrons. The van der Waals surface area contributed by atoms with Gasteiger partial charge in [-0.05, 0) is 61.2 Å². The lowest BCUT2D eigenvalue weighted by Gasteiger charge is -2.47. The van der Waals surface area contributed by atoms with E-state index < -0.39 is 5.79 Å². The molecule has 1 unspecified atom stereocenters. The monoisotopic (exact) mass is 346 g/mol. The summed E-state index contributed by atoms with van der Waals surface area (Å²) >= 11 is 0. The fraction of sp³-hybridized carbons (Fsp3) is 0.773. The summed E-state index contributed by atoms with van der Waals surface area (Å²) in [5.41, 5.74) is 2.47. The van der Waals surface area contributed by atoms with E-state index in [-0.39, 0.29) is 17.3 Å². The second-order valence-electron chi connectivity index (χ2n) is 9.35. The number of allylic oxidation sites excluding steroid dienone is 2. The summed E-state index contributed by atoms with van der Waals surface area (Å²) in [5.74, 6) is 0.937. The van der Waals surface area contributed by atoms with Crippen molar-refractivity contribution in [2.75, 3.05) is 0 Å². The molecule has 3 nitrogen and oxygen atoms in total. The summed E-state index contributed by atoms with van der Waals surface area (Å²) in [6, 6.07) is 0. The van der Waals surface area contributed by atoms with Crippen molar-refractivity contribution in [1.29, 1.82) is 0 Å². The van der Waals surface area contributed by atoms with Crippen molar-refractivity contribution in [3.8, 4) is 0 Å². The standard InChI is InChI=1S/C22H34O3/c1-13(2)16(5)14(3)11-15(4)17-7-8-18-19-12-20(23)25-22(19,24)10-9-21(17,18)6/h11-13,15-18,24H,7-10H2,1-6H3/t15-,16-,17?,18+,21-,22+/m1/s1. The topological polar surface area (TPSA) is 46.5 Å². The van der Waals surface area contributed by atoms with Crippen LogP contribution >= 0.6 is 0 Å². The zero-order chi connectivity index (χ0) is 18.6. The van der Waals surface area contributed by atoms with Crippen LogP contribution in [-0.2, 0) is 9.53 Å². The SMILES string of the molecule is CC(=C[C@@H](C)C1CC[C@H]2C3=CC(=O)O[C@@]3(O)CC[C@]12C)[C@H](C)C(C)C. The number of hydrogen-bond donors (Lipinski definition) is 1. The van der Waals surface area contributed by atoms with Gasteiger partial charge < -0.3 is 9.84 Å². The number of hydrogen-bond acceptors (Lipinski definition) is 3. The molecule has 6 atom stereocenters. The fourth-order valence-corrected chi connectivity index (χ4v) is 5.71. The van der Waals surface area contributed by atoms with Crippen molar-refractivity contribution in [2.45, 2.75) is 73.0 Å². The van der Waals surface area contributed by atoms with Gasteiger partial charge in [0, 0.05) is 18.1 Å². The first kappa shape index (κ1) is 18.7. The van der Waals surface area contributed by atoms with Crippen molar-refractivity contribution < 1.29 is 14.6 Å². The van der Waals surface area contributed by atoms with E-state index >= 15 is 0 Å². The number of ether oxygens (including phenoxy) is 1. The van der Waals surface area contributed by atoms with Gasteiger partial charge in [-0.2, -0.15) is 0 Å². The number of fused-ring (bicyclic) bond motifs is 3. The molecule has 3 rings (SSSR count). The number of carbonyl (C=O) groups excluding carboxylic acids is 1. The molecule has 2 fully saturated rings. The summed E-state index contributed by atoms with van der Waals surface area (Å²) in [6.45, 7) is 13.9. The Morgan fingerprint density at radius 2 is 1.96 bits per heavy atom. The average Bonchev–Trinajstić information content (AvgIpc) is 3.02. The van der Waals surface area contributed by atoms with Gasteiger partial charge in [0.1, 0.15) is 0 Å². The van der Waals surface area contributed by atoms with Crippen LogP contribution in [0.2, 0.25) is 0 Å². The molecule has 3 aliphatic rings. The maximum atomic E-state index is 11.7. The molecule has 2 saturated carbocycles. The molecule has 3 heteroatoms. The van der Waals surface area contributed by atoms with Gasteiger partial charge in [-0.3, -0.25) is 0 Å². The van der Waals surface area contributed by atoms with E-state index in [1.807, 2.05) is 0 Å². The molecule has 1 N–H and O–H groups in total. The van der Waals surface area contributed by atoms with Crippen molar-refractivity contribution in [3.05, 3.63) is 23.3 Å². The van der Waals surface area contributed by atoms with Crippen LogP contribution in [0, 0.1) is 35.0 Å². The Balaban J connectivity index is 1.83. The van der Waals surface area contributed by atoms with E-state index in [1.54, 1.807) is 6.08 Å². The Hall–Kier alpha value is -1.09. The predicted octanol–water partition coefficient (Wildman–Crippen LogP) is 4.86. The lowest BCUT2D eigenvalue weighted by atomic mass is 9.59. The van der Waals surface area contributed by atoms with Gasteiger partial charge in [0.15, 0.2) is 0 Å². The molecule has 0 spiro atoms. The third-order valence-electron chi connectivity index (χ3n) is 7.66. The van der Waals surface area contributed by atoms with Crippen LogP contribution in [-0.4, -0.2) is 16.9 Å². The summed E-state index contributed by atoms with van der Waals surface area (Å²) in [5, 5.41) is 10.7. The van der Waals surface area contributed by atoms with Crippen molar-refractivity contribution in [2.24, 2.45) is 35.0 Å². The average molecular weight is 347 g/mol. The first-order valence-electron chi connectivity index (χ1n) is 9.94.